The van der Waals surface area contributed by atoms with Gasteiger partial charge in [-0.2, -0.15) is 0 Å². The normalized spacial score (nSPS) is 14.2. The van der Waals surface area contributed by atoms with Crippen LogP contribution in [-0.4, -0.2) is 22.9 Å². The van der Waals surface area contributed by atoms with Crippen LogP contribution in [0.3, 0.4) is 0 Å². The van der Waals surface area contributed by atoms with Crippen LogP contribution < -0.4 is 10.2 Å². The molecule has 132 valence electrons. The molecule has 1 aliphatic heterocycles. The van der Waals surface area contributed by atoms with E-state index in [1.54, 1.807) is 0 Å². The molecule has 0 aliphatic carbocycles. The van der Waals surface area contributed by atoms with Crippen LogP contribution in [0.25, 0.3) is 0 Å². The Balaban J connectivity index is 1.93. The summed E-state index contributed by atoms with van der Waals surface area (Å²) in [6.07, 6.45) is 0. The number of carbonyl (C=O) groups excluding carboxylic acids is 2. The van der Waals surface area contributed by atoms with Crippen molar-refractivity contribution >= 4 is 52.4 Å². The Morgan fingerprint density at radius 1 is 1.08 bits per heavy atom. The van der Waals surface area contributed by atoms with Crippen LogP contribution in [0.15, 0.2) is 53.2 Å². The minimum absolute atomic E-state index is 0.00864. The molecule has 6 nitrogen and oxygen atoms in total. The van der Waals surface area contributed by atoms with Crippen LogP contribution in [-0.2, 0) is 9.59 Å². The van der Waals surface area contributed by atoms with E-state index in [1.807, 2.05) is 0 Å². The Morgan fingerprint density at radius 2 is 1.81 bits per heavy atom. The zero-order valence-electron chi connectivity index (χ0n) is 12.8. The number of rotatable bonds is 4. The number of benzene rings is 2. The van der Waals surface area contributed by atoms with Gasteiger partial charge in [-0.25, -0.2) is 14.1 Å². The molecule has 2 aromatic carbocycles. The van der Waals surface area contributed by atoms with Crippen LogP contribution in [0.4, 0.5) is 15.8 Å². The van der Waals surface area contributed by atoms with E-state index in [9.17, 15) is 18.8 Å². The van der Waals surface area contributed by atoms with Gasteiger partial charge in [-0.05, 0) is 36.4 Å². The van der Waals surface area contributed by atoms with Crippen molar-refractivity contribution in [3.63, 3.8) is 0 Å². The topological polar surface area (TPSA) is 86.7 Å². The molecule has 0 bridgehead atoms. The van der Waals surface area contributed by atoms with E-state index in [0.717, 1.165) is 17.0 Å². The SMILES string of the molecule is O=C(O)c1cccc(NC2=C(Cl)C(=O)N(c3ccc(F)c(Cl)c3)C2=O)c1. The van der Waals surface area contributed by atoms with Crippen LogP contribution >= 0.6 is 23.2 Å². The average Bonchev–Trinajstić information content (AvgIpc) is 2.81. The number of imide groups is 1. The van der Waals surface area contributed by atoms with Gasteiger partial charge in [-0.3, -0.25) is 9.59 Å². The number of hydrogen-bond donors (Lipinski definition) is 2. The van der Waals surface area contributed by atoms with Gasteiger partial charge in [0, 0.05) is 5.69 Å². The first-order valence-corrected chi connectivity index (χ1v) is 7.89. The van der Waals surface area contributed by atoms with E-state index in [2.05, 4.69) is 5.32 Å². The van der Waals surface area contributed by atoms with Crippen molar-refractivity contribution in [2.45, 2.75) is 0 Å². The maximum Gasteiger partial charge on any atom is 0.335 e. The van der Waals surface area contributed by atoms with E-state index in [-0.39, 0.29) is 32.7 Å². The monoisotopic (exact) mass is 394 g/mol. The standard InChI is InChI=1S/C17H9Cl2FN2O4/c18-11-7-10(4-5-12(11)20)22-15(23)13(19)14(16(22)24)21-9-3-1-2-8(6-9)17(25)26/h1-7,21H,(H,25,26). The Hall–Kier alpha value is -2.90. The zero-order valence-corrected chi connectivity index (χ0v) is 14.3. The predicted octanol–water partition coefficient (Wildman–Crippen LogP) is 3.61. The molecular formula is C17H9Cl2FN2O4. The Morgan fingerprint density at radius 3 is 2.46 bits per heavy atom. The van der Waals surface area contributed by atoms with E-state index in [1.165, 1.54) is 30.3 Å². The van der Waals surface area contributed by atoms with Gasteiger partial charge in [0.05, 0.1) is 16.3 Å². The lowest BCUT2D eigenvalue weighted by molar-refractivity contribution is -0.120. The van der Waals surface area contributed by atoms with Gasteiger partial charge in [0.25, 0.3) is 11.8 Å². The van der Waals surface area contributed by atoms with Crippen LogP contribution in [0, 0.1) is 5.82 Å². The third kappa shape index (κ3) is 3.14. The number of carboxylic acids is 1. The molecule has 0 spiro atoms. The van der Waals surface area contributed by atoms with Crippen molar-refractivity contribution < 1.29 is 23.9 Å². The zero-order chi connectivity index (χ0) is 19.0. The molecule has 26 heavy (non-hydrogen) atoms. The van der Waals surface area contributed by atoms with Crippen LogP contribution in [0.2, 0.25) is 5.02 Å². The van der Waals surface area contributed by atoms with Crippen molar-refractivity contribution in [3.05, 3.63) is 69.6 Å². The molecule has 1 aliphatic rings. The van der Waals surface area contributed by atoms with Crippen molar-refractivity contribution in [2.24, 2.45) is 0 Å². The second-order valence-corrected chi connectivity index (χ2v) is 6.03. The first-order valence-electron chi connectivity index (χ1n) is 7.13. The number of carboxylic acid groups (broad SMARTS) is 1. The smallest absolute Gasteiger partial charge is 0.335 e. The minimum Gasteiger partial charge on any atom is -0.478 e. The molecule has 0 unspecified atom stereocenters. The third-order valence-corrected chi connectivity index (χ3v) is 4.21. The molecule has 2 amide bonds. The number of nitrogens with one attached hydrogen (secondary N) is 1. The fourth-order valence-corrected chi connectivity index (χ4v) is 2.73. The Kier molecular flexibility index (Phi) is 4.67. The molecule has 0 saturated carbocycles. The predicted molar refractivity (Wildman–Crippen MR) is 93.8 cm³/mol. The highest BCUT2D eigenvalue weighted by Gasteiger charge is 2.39. The molecule has 0 aromatic heterocycles. The van der Waals surface area contributed by atoms with Crippen molar-refractivity contribution in [1.29, 1.82) is 0 Å². The molecule has 2 N–H and O–H groups in total. The highest BCUT2D eigenvalue weighted by atomic mass is 35.5. The van der Waals surface area contributed by atoms with Crippen molar-refractivity contribution in [2.75, 3.05) is 10.2 Å². The lowest BCUT2D eigenvalue weighted by atomic mass is 10.2. The van der Waals surface area contributed by atoms with Crippen LogP contribution in [0.5, 0.6) is 0 Å². The molecule has 0 atom stereocenters. The summed E-state index contributed by atoms with van der Waals surface area (Å²) < 4.78 is 13.3. The highest BCUT2D eigenvalue weighted by Crippen LogP contribution is 2.32. The fraction of sp³-hybridized carbons (Fsp3) is 0. The van der Waals surface area contributed by atoms with Gasteiger partial charge in [0.15, 0.2) is 0 Å². The van der Waals surface area contributed by atoms with E-state index >= 15 is 0 Å². The minimum atomic E-state index is -1.15. The average molecular weight is 395 g/mol. The molecule has 3 rings (SSSR count). The van der Waals surface area contributed by atoms with E-state index in [4.69, 9.17) is 28.3 Å². The third-order valence-electron chi connectivity index (χ3n) is 3.57. The summed E-state index contributed by atoms with van der Waals surface area (Å²) in [4.78, 5) is 36.7. The van der Waals surface area contributed by atoms with Gasteiger partial charge in [-0.1, -0.05) is 29.3 Å². The second kappa shape index (κ2) is 6.78. The number of anilines is 2. The molecule has 0 saturated heterocycles. The first kappa shape index (κ1) is 17.9. The molecule has 2 aromatic rings. The van der Waals surface area contributed by atoms with Gasteiger partial charge >= 0.3 is 5.97 Å². The van der Waals surface area contributed by atoms with Crippen molar-refractivity contribution in [3.8, 4) is 0 Å². The number of aromatic carboxylic acids is 1. The number of amides is 2. The largest absolute Gasteiger partial charge is 0.478 e. The van der Waals surface area contributed by atoms with Crippen molar-refractivity contribution in [1.82, 2.24) is 0 Å². The van der Waals surface area contributed by atoms with E-state index in [0.29, 0.717) is 0 Å². The second-order valence-electron chi connectivity index (χ2n) is 5.24. The molecule has 0 fully saturated rings. The van der Waals surface area contributed by atoms with Crippen LogP contribution in [0.1, 0.15) is 10.4 Å². The Labute approximate surface area is 156 Å². The van der Waals surface area contributed by atoms with Gasteiger partial charge < -0.3 is 10.4 Å². The van der Waals surface area contributed by atoms with E-state index < -0.39 is 23.6 Å². The summed E-state index contributed by atoms with van der Waals surface area (Å²) >= 11 is 11.7. The molecule has 9 heteroatoms. The number of hydrogen-bond acceptors (Lipinski definition) is 4. The summed E-state index contributed by atoms with van der Waals surface area (Å²) in [5.41, 5.74) is 0.0872. The lowest BCUT2D eigenvalue weighted by Crippen LogP contribution is -2.32. The number of halogens is 3. The first-order chi connectivity index (χ1) is 12.3. The highest BCUT2D eigenvalue weighted by molar-refractivity contribution is 6.53. The molecule has 1 heterocycles. The number of carbonyl (C=O) groups is 3. The lowest BCUT2D eigenvalue weighted by Gasteiger charge is -2.15. The summed E-state index contributed by atoms with van der Waals surface area (Å²) in [5, 5.41) is 11.0. The molecular weight excluding hydrogens is 386 g/mol. The maximum atomic E-state index is 13.3. The van der Waals surface area contributed by atoms with Gasteiger partial charge in [0.2, 0.25) is 0 Å². The molecule has 0 radical (unpaired) electrons. The van der Waals surface area contributed by atoms with Gasteiger partial charge in [0.1, 0.15) is 16.5 Å². The maximum absolute atomic E-state index is 13.3. The summed E-state index contributed by atoms with van der Waals surface area (Å²) in [6.45, 7) is 0. The fourth-order valence-electron chi connectivity index (χ4n) is 2.34. The Bertz CT molecular complexity index is 990. The summed E-state index contributed by atoms with van der Waals surface area (Å²) in [6, 6.07) is 9.01. The quantitative estimate of drug-likeness (QED) is 0.773. The number of nitrogens with zero attached hydrogens (tertiary/aromatic N) is 1. The summed E-state index contributed by atoms with van der Waals surface area (Å²) in [5.74, 6) is -3.43. The summed E-state index contributed by atoms with van der Waals surface area (Å²) in [7, 11) is 0. The van der Waals surface area contributed by atoms with Gasteiger partial charge in [-0.15, -0.1) is 0 Å².